The molecule has 0 bridgehead atoms. The summed E-state index contributed by atoms with van der Waals surface area (Å²) in [5, 5.41) is 18.1. The lowest BCUT2D eigenvalue weighted by molar-refractivity contribution is -0.192. The molecule has 2 aromatic heterocycles. The van der Waals surface area contributed by atoms with E-state index in [1.807, 2.05) is 5.32 Å². The molecule has 1 aromatic carbocycles. The fourth-order valence-corrected chi connectivity index (χ4v) is 5.48. The predicted molar refractivity (Wildman–Crippen MR) is 144 cm³/mol. The molecule has 0 saturated carbocycles. The van der Waals surface area contributed by atoms with E-state index in [4.69, 9.17) is 15.2 Å². The van der Waals surface area contributed by atoms with Gasteiger partial charge in [0.2, 0.25) is 11.4 Å². The van der Waals surface area contributed by atoms with Crippen molar-refractivity contribution < 1.29 is 49.8 Å². The molecule has 0 aliphatic carbocycles. The first-order chi connectivity index (χ1) is 21.4. The van der Waals surface area contributed by atoms with Crippen molar-refractivity contribution in [1.82, 2.24) is 20.2 Å². The number of carbonyl (C=O) groups is 2. The van der Waals surface area contributed by atoms with E-state index < -0.39 is 52.7 Å². The van der Waals surface area contributed by atoms with Gasteiger partial charge in [-0.2, -0.15) is 31.6 Å². The van der Waals surface area contributed by atoms with Crippen LogP contribution in [0.3, 0.4) is 0 Å². The number of carbonyl (C=O) groups excluding carboxylic acids is 1. The number of aliphatic carboxylic acids is 1. The number of amides is 1. The lowest BCUT2D eigenvalue weighted by atomic mass is 9.72. The molecule has 2 aliphatic heterocycles. The fourth-order valence-electron chi connectivity index (χ4n) is 5.48. The highest BCUT2D eigenvalue weighted by Gasteiger charge is 2.59. The lowest BCUT2D eigenvalue weighted by Crippen LogP contribution is -2.72. The summed E-state index contributed by atoms with van der Waals surface area (Å²) in [7, 11) is 0. The van der Waals surface area contributed by atoms with Gasteiger partial charge in [-0.25, -0.2) is 13.6 Å². The monoisotopic (exact) mass is 656 g/mol. The first-order valence-corrected chi connectivity index (χ1v) is 13.3. The Morgan fingerprint density at radius 2 is 1.63 bits per heavy atom. The standard InChI is InChI=1S/C27H23F5N6O.C2HF3O2/c1-17(39)36-26(27(30,31)32,20-3-4-22(28)23(29)7-20)24-5-2-18(10-35-24)12-37-13-25(14-37)15-38(16-25)21-6-19(8-33)9-34-11-21;3-2(4,5)1(6)7/h2-7,9-11H,12-16H2,1H3,(H,36,39);(H,6,7)/t26-;/m1./s1. The van der Waals surface area contributed by atoms with E-state index in [2.05, 4.69) is 25.8 Å². The summed E-state index contributed by atoms with van der Waals surface area (Å²) in [4.78, 5) is 33.2. The van der Waals surface area contributed by atoms with Crippen molar-refractivity contribution in [1.29, 1.82) is 5.26 Å². The van der Waals surface area contributed by atoms with Crippen LogP contribution in [-0.4, -0.2) is 70.4 Å². The summed E-state index contributed by atoms with van der Waals surface area (Å²) in [6, 6.07) is 8.30. The van der Waals surface area contributed by atoms with Gasteiger partial charge in [0.25, 0.3) is 0 Å². The molecule has 2 N–H and O–H groups in total. The number of carboxylic acid groups (broad SMARTS) is 1. The third-order valence-electron chi connectivity index (χ3n) is 7.39. The van der Waals surface area contributed by atoms with Crippen molar-refractivity contribution in [2.75, 3.05) is 31.1 Å². The lowest BCUT2D eigenvalue weighted by Gasteiger charge is -2.61. The molecular formula is C29H24F8N6O3. The van der Waals surface area contributed by atoms with Crippen molar-refractivity contribution in [3.8, 4) is 6.07 Å². The number of nitrogens with one attached hydrogen (secondary N) is 1. The number of aromatic nitrogens is 2. The topological polar surface area (TPSA) is 122 Å². The van der Waals surface area contributed by atoms with Gasteiger partial charge in [0.1, 0.15) is 6.07 Å². The van der Waals surface area contributed by atoms with Crippen LogP contribution in [0.5, 0.6) is 0 Å². The quantitative estimate of drug-likeness (QED) is 0.372. The van der Waals surface area contributed by atoms with Gasteiger partial charge in [0.15, 0.2) is 11.6 Å². The molecular weight excluding hydrogens is 632 g/mol. The highest BCUT2D eigenvalue weighted by atomic mass is 19.4. The average molecular weight is 657 g/mol. The Hall–Kier alpha value is -4.85. The minimum Gasteiger partial charge on any atom is -0.475 e. The third-order valence-corrected chi connectivity index (χ3v) is 7.39. The second kappa shape index (κ2) is 12.5. The van der Waals surface area contributed by atoms with Gasteiger partial charge in [0, 0.05) is 57.5 Å². The van der Waals surface area contributed by atoms with Crippen molar-refractivity contribution in [3.63, 3.8) is 0 Å². The molecule has 1 atom stereocenters. The highest BCUT2D eigenvalue weighted by molar-refractivity contribution is 5.75. The second-order valence-corrected chi connectivity index (χ2v) is 11.0. The summed E-state index contributed by atoms with van der Waals surface area (Å²) in [6.07, 6.45) is -5.66. The molecule has 2 saturated heterocycles. The minimum atomic E-state index is -5.11. The largest absolute Gasteiger partial charge is 0.490 e. The van der Waals surface area contributed by atoms with Crippen molar-refractivity contribution >= 4 is 17.6 Å². The first kappa shape index (κ1) is 34.0. The molecule has 244 valence electrons. The van der Waals surface area contributed by atoms with Gasteiger partial charge in [-0.1, -0.05) is 12.1 Å². The maximum atomic E-state index is 14.5. The zero-order valence-corrected chi connectivity index (χ0v) is 23.8. The second-order valence-electron chi connectivity index (χ2n) is 11.0. The number of nitriles is 1. The highest BCUT2D eigenvalue weighted by Crippen LogP contribution is 2.45. The molecule has 5 rings (SSSR count). The molecule has 0 radical (unpaired) electrons. The SMILES string of the molecule is CC(=O)N[C@](c1ccc(F)c(F)c1)(c1ccc(CN2CC3(C2)CN(c2cncc(C#N)c2)C3)cn1)C(F)(F)F.O=C(O)C(F)(F)F. The summed E-state index contributed by atoms with van der Waals surface area (Å²) in [6.45, 7) is 4.60. The normalized spacial score (nSPS) is 17.0. The molecule has 1 spiro atoms. The third kappa shape index (κ3) is 7.01. The predicted octanol–water partition coefficient (Wildman–Crippen LogP) is 4.52. The van der Waals surface area contributed by atoms with Gasteiger partial charge >= 0.3 is 18.3 Å². The van der Waals surface area contributed by atoms with E-state index in [9.17, 15) is 39.9 Å². The molecule has 3 aromatic rings. The number of rotatable bonds is 6. The van der Waals surface area contributed by atoms with Gasteiger partial charge < -0.3 is 15.3 Å². The number of benzene rings is 1. The molecule has 46 heavy (non-hydrogen) atoms. The van der Waals surface area contributed by atoms with Crippen LogP contribution in [0.15, 0.2) is 55.0 Å². The maximum Gasteiger partial charge on any atom is 0.490 e. The van der Waals surface area contributed by atoms with Crippen LogP contribution in [0.4, 0.5) is 40.8 Å². The van der Waals surface area contributed by atoms with E-state index in [0.29, 0.717) is 29.8 Å². The number of halogens is 8. The molecule has 2 fully saturated rings. The van der Waals surface area contributed by atoms with E-state index >= 15 is 0 Å². The van der Waals surface area contributed by atoms with E-state index in [-0.39, 0.29) is 5.41 Å². The Labute approximate surface area is 256 Å². The Bertz CT molecular complexity index is 1640. The van der Waals surface area contributed by atoms with Crippen LogP contribution in [0, 0.1) is 28.4 Å². The Kier molecular flexibility index (Phi) is 9.25. The number of nitrogens with zero attached hydrogens (tertiary/aromatic N) is 5. The zero-order valence-electron chi connectivity index (χ0n) is 23.8. The van der Waals surface area contributed by atoms with Crippen LogP contribution >= 0.6 is 0 Å². The molecule has 1 amide bonds. The number of carboxylic acids is 1. The fraction of sp³-hybridized carbons (Fsp3) is 0.345. The molecule has 0 unspecified atom stereocenters. The molecule has 17 heteroatoms. The summed E-state index contributed by atoms with van der Waals surface area (Å²) < 4.78 is 103. The van der Waals surface area contributed by atoms with E-state index in [0.717, 1.165) is 50.9 Å². The zero-order chi connectivity index (χ0) is 34.1. The van der Waals surface area contributed by atoms with E-state index in [1.54, 1.807) is 12.3 Å². The van der Waals surface area contributed by atoms with Gasteiger partial charge in [-0.05, 0) is 35.4 Å². The van der Waals surface area contributed by atoms with Crippen LogP contribution in [0.1, 0.15) is 29.3 Å². The van der Waals surface area contributed by atoms with Gasteiger partial charge in [-0.3, -0.25) is 19.7 Å². The van der Waals surface area contributed by atoms with Gasteiger partial charge in [-0.15, -0.1) is 0 Å². The summed E-state index contributed by atoms with van der Waals surface area (Å²) >= 11 is 0. The molecule has 9 nitrogen and oxygen atoms in total. The Balaban J connectivity index is 0.000000617. The number of hydrogen-bond donors (Lipinski definition) is 2. The van der Waals surface area contributed by atoms with Crippen LogP contribution in [-0.2, 0) is 21.7 Å². The average Bonchev–Trinajstić information content (AvgIpc) is 2.93. The smallest absolute Gasteiger partial charge is 0.475 e. The van der Waals surface area contributed by atoms with Crippen LogP contribution in [0.25, 0.3) is 0 Å². The number of hydrogen-bond acceptors (Lipinski definition) is 7. The van der Waals surface area contributed by atoms with Crippen LogP contribution < -0.4 is 10.2 Å². The Morgan fingerprint density at radius 1 is 0.978 bits per heavy atom. The van der Waals surface area contributed by atoms with Crippen LogP contribution in [0.2, 0.25) is 0 Å². The van der Waals surface area contributed by atoms with Crippen molar-refractivity contribution in [2.24, 2.45) is 5.41 Å². The Morgan fingerprint density at radius 3 is 2.13 bits per heavy atom. The number of alkyl halides is 6. The first-order valence-electron chi connectivity index (χ1n) is 13.3. The number of pyridine rings is 2. The maximum absolute atomic E-state index is 14.5. The summed E-state index contributed by atoms with van der Waals surface area (Å²) in [5.74, 6) is -6.56. The number of anilines is 1. The molecule has 2 aliphatic rings. The van der Waals surface area contributed by atoms with Crippen molar-refractivity contribution in [3.05, 3.63) is 89.0 Å². The number of likely N-dealkylation sites (tertiary alicyclic amines) is 1. The minimum absolute atomic E-state index is 0.111. The van der Waals surface area contributed by atoms with Crippen molar-refractivity contribution in [2.45, 2.75) is 31.4 Å². The van der Waals surface area contributed by atoms with Gasteiger partial charge in [0.05, 0.1) is 23.1 Å². The van der Waals surface area contributed by atoms with E-state index in [1.165, 1.54) is 18.5 Å². The summed E-state index contributed by atoms with van der Waals surface area (Å²) in [5.41, 5.74) is -2.26. The molecule has 4 heterocycles.